The van der Waals surface area contributed by atoms with Crippen LogP contribution in [0, 0.1) is 5.92 Å². The van der Waals surface area contributed by atoms with Crippen molar-refractivity contribution >= 4 is 11.4 Å². The smallest absolute Gasteiger partial charge is 0.173 e. The van der Waals surface area contributed by atoms with Gasteiger partial charge in [-0.15, -0.1) is 0 Å². The summed E-state index contributed by atoms with van der Waals surface area (Å²) in [6.07, 6.45) is 4.31. The minimum atomic E-state index is -0.0433. The van der Waals surface area contributed by atoms with Gasteiger partial charge in [0.25, 0.3) is 0 Å². The summed E-state index contributed by atoms with van der Waals surface area (Å²) in [5, 5.41) is 0. The van der Waals surface area contributed by atoms with Crippen molar-refractivity contribution in [1.29, 1.82) is 0 Å². The molecule has 112 valence electrons. The minimum absolute atomic E-state index is 0.0431. The molecule has 1 aromatic carbocycles. The standard InChI is InChI=1S/C17H20O4/c1-19-12-5-3-11(4-6-12)15-10-21-16-9-13(20-2)7-8-14(16)17(15)18/h3-6,10,13-14,16H,7-9H2,1-2H3. The third-order valence-electron chi connectivity index (χ3n) is 4.44. The highest BCUT2D eigenvalue weighted by Gasteiger charge is 2.40. The maximum absolute atomic E-state index is 12.7. The number of carbonyl (C=O) groups excluding carboxylic acids is 1. The quantitative estimate of drug-likeness (QED) is 0.858. The predicted molar refractivity (Wildman–Crippen MR) is 79.0 cm³/mol. The molecule has 3 rings (SSSR count). The Hall–Kier alpha value is -1.81. The van der Waals surface area contributed by atoms with Gasteiger partial charge in [-0.2, -0.15) is 0 Å². The van der Waals surface area contributed by atoms with Crippen molar-refractivity contribution in [2.75, 3.05) is 14.2 Å². The van der Waals surface area contributed by atoms with Crippen molar-refractivity contribution in [1.82, 2.24) is 0 Å². The number of Topliss-reactive ketones (excluding diaryl/α,β-unsaturated/α-hetero) is 1. The van der Waals surface area contributed by atoms with Gasteiger partial charge in [-0.25, -0.2) is 0 Å². The number of fused-ring (bicyclic) bond motifs is 1. The molecule has 0 spiro atoms. The molecule has 0 radical (unpaired) electrons. The molecule has 0 saturated heterocycles. The van der Waals surface area contributed by atoms with Crippen LogP contribution in [0.3, 0.4) is 0 Å². The van der Waals surface area contributed by atoms with E-state index in [9.17, 15) is 4.79 Å². The lowest BCUT2D eigenvalue weighted by atomic mass is 9.78. The Kier molecular flexibility index (Phi) is 3.97. The molecule has 0 N–H and O–H groups in total. The number of rotatable bonds is 3. The van der Waals surface area contributed by atoms with Gasteiger partial charge >= 0.3 is 0 Å². The summed E-state index contributed by atoms with van der Waals surface area (Å²) in [5.74, 6) is 0.923. The fraction of sp³-hybridized carbons (Fsp3) is 0.471. The van der Waals surface area contributed by atoms with Crippen molar-refractivity contribution in [2.24, 2.45) is 5.92 Å². The summed E-state index contributed by atoms with van der Waals surface area (Å²) < 4.78 is 16.3. The van der Waals surface area contributed by atoms with Crippen LogP contribution in [-0.2, 0) is 14.3 Å². The van der Waals surface area contributed by atoms with Crippen molar-refractivity contribution in [2.45, 2.75) is 31.5 Å². The Bertz CT molecular complexity index is 546. The second kappa shape index (κ2) is 5.90. The predicted octanol–water partition coefficient (Wildman–Crippen LogP) is 2.82. The molecule has 4 heteroatoms. The molecule has 1 aliphatic carbocycles. The number of ketones is 1. The van der Waals surface area contributed by atoms with E-state index < -0.39 is 0 Å². The number of hydrogen-bond acceptors (Lipinski definition) is 4. The zero-order valence-electron chi connectivity index (χ0n) is 12.4. The third kappa shape index (κ3) is 2.68. The largest absolute Gasteiger partial charge is 0.497 e. The van der Waals surface area contributed by atoms with E-state index in [2.05, 4.69) is 0 Å². The van der Waals surface area contributed by atoms with E-state index in [0.717, 1.165) is 30.6 Å². The molecule has 1 saturated carbocycles. The monoisotopic (exact) mass is 288 g/mol. The Labute approximate surface area is 124 Å². The summed E-state index contributed by atoms with van der Waals surface area (Å²) in [5.41, 5.74) is 1.54. The van der Waals surface area contributed by atoms with E-state index in [-0.39, 0.29) is 23.9 Å². The van der Waals surface area contributed by atoms with Crippen LogP contribution in [0.15, 0.2) is 30.5 Å². The van der Waals surface area contributed by atoms with Gasteiger partial charge < -0.3 is 14.2 Å². The maximum Gasteiger partial charge on any atom is 0.173 e. The van der Waals surface area contributed by atoms with Crippen molar-refractivity contribution in [3.63, 3.8) is 0 Å². The van der Waals surface area contributed by atoms with E-state index >= 15 is 0 Å². The highest BCUT2D eigenvalue weighted by atomic mass is 16.5. The SMILES string of the molecule is COc1ccc(C2=COC3CC(OC)CCC3C2=O)cc1. The van der Waals surface area contributed by atoms with Crippen LogP contribution in [0.5, 0.6) is 5.75 Å². The Morgan fingerprint density at radius 3 is 2.57 bits per heavy atom. The van der Waals surface area contributed by atoms with Crippen LogP contribution in [0.25, 0.3) is 5.57 Å². The lowest BCUT2D eigenvalue weighted by molar-refractivity contribution is -0.127. The summed E-state index contributed by atoms with van der Waals surface area (Å²) in [7, 11) is 3.34. The van der Waals surface area contributed by atoms with E-state index in [1.165, 1.54) is 0 Å². The van der Waals surface area contributed by atoms with Gasteiger partial charge in [-0.1, -0.05) is 12.1 Å². The van der Waals surface area contributed by atoms with Crippen LogP contribution < -0.4 is 4.74 Å². The summed E-state index contributed by atoms with van der Waals surface area (Å²) >= 11 is 0. The summed E-state index contributed by atoms with van der Waals surface area (Å²) in [6.45, 7) is 0. The van der Waals surface area contributed by atoms with Crippen LogP contribution >= 0.6 is 0 Å². The number of benzene rings is 1. The van der Waals surface area contributed by atoms with Gasteiger partial charge in [-0.05, 0) is 30.5 Å². The zero-order chi connectivity index (χ0) is 14.8. The molecule has 0 aromatic heterocycles. The number of carbonyl (C=O) groups is 1. The molecule has 0 bridgehead atoms. The average molecular weight is 288 g/mol. The second-order valence-corrected chi connectivity index (χ2v) is 5.58. The molecule has 1 fully saturated rings. The average Bonchev–Trinajstić information content (AvgIpc) is 2.55. The first-order valence-electron chi connectivity index (χ1n) is 7.30. The molecular formula is C17H20O4. The van der Waals surface area contributed by atoms with E-state index in [0.29, 0.717) is 5.57 Å². The first kappa shape index (κ1) is 14.1. The second-order valence-electron chi connectivity index (χ2n) is 5.58. The molecule has 21 heavy (non-hydrogen) atoms. The summed E-state index contributed by atoms with van der Waals surface area (Å²) in [4.78, 5) is 12.7. The molecular weight excluding hydrogens is 268 g/mol. The van der Waals surface area contributed by atoms with Crippen LogP contribution in [-0.4, -0.2) is 32.2 Å². The van der Waals surface area contributed by atoms with E-state index in [1.54, 1.807) is 20.5 Å². The number of hydrogen-bond donors (Lipinski definition) is 0. The Morgan fingerprint density at radius 1 is 1.14 bits per heavy atom. The molecule has 2 aliphatic rings. The number of allylic oxidation sites excluding steroid dienone is 1. The lowest BCUT2D eigenvalue weighted by Crippen LogP contribution is -2.41. The van der Waals surface area contributed by atoms with Crippen LogP contribution in [0.1, 0.15) is 24.8 Å². The third-order valence-corrected chi connectivity index (χ3v) is 4.44. The van der Waals surface area contributed by atoms with Gasteiger partial charge in [0.15, 0.2) is 5.78 Å². The lowest BCUT2D eigenvalue weighted by Gasteiger charge is -2.37. The van der Waals surface area contributed by atoms with Crippen molar-refractivity contribution in [3.05, 3.63) is 36.1 Å². The molecule has 3 atom stereocenters. The molecule has 4 nitrogen and oxygen atoms in total. The fourth-order valence-corrected chi connectivity index (χ4v) is 3.15. The maximum atomic E-state index is 12.7. The number of ether oxygens (including phenoxy) is 3. The van der Waals surface area contributed by atoms with Gasteiger partial charge in [0, 0.05) is 13.5 Å². The van der Waals surface area contributed by atoms with Crippen LogP contribution in [0.2, 0.25) is 0 Å². The fourth-order valence-electron chi connectivity index (χ4n) is 3.15. The topological polar surface area (TPSA) is 44.8 Å². The first-order chi connectivity index (χ1) is 10.2. The van der Waals surface area contributed by atoms with Crippen molar-refractivity contribution < 1.29 is 19.0 Å². The first-order valence-corrected chi connectivity index (χ1v) is 7.30. The molecule has 3 unspecified atom stereocenters. The van der Waals surface area contributed by atoms with E-state index in [1.807, 2.05) is 24.3 Å². The number of methoxy groups -OCH3 is 2. The summed E-state index contributed by atoms with van der Waals surface area (Å²) in [6, 6.07) is 7.51. The van der Waals surface area contributed by atoms with Gasteiger partial charge in [0.2, 0.25) is 0 Å². The van der Waals surface area contributed by atoms with Gasteiger partial charge in [0.1, 0.15) is 11.9 Å². The Morgan fingerprint density at radius 2 is 1.90 bits per heavy atom. The normalized spacial score (nSPS) is 28.4. The zero-order valence-corrected chi connectivity index (χ0v) is 12.4. The van der Waals surface area contributed by atoms with Gasteiger partial charge in [-0.3, -0.25) is 4.79 Å². The molecule has 0 amide bonds. The minimum Gasteiger partial charge on any atom is -0.497 e. The van der Waals surface area contributed by atoms with Crippen molar-refractivity contribution in [3.8, 4) is 5.75 Å². The molecule has 1 aromatic rings. The highest BCUT2D eigenvalue weighted by molar-refractivity contribution is 6.22. The Balaban J connectivity index is 1.81. The molecule has 1 heterocycles. The highest BCUT2D eigenvalue weighted by Crippen LogP contribution is 2.37. The van der Waals surface area contributed by atoms with Gasteiger partial charge in [0.05, 0.1) is 31.0 Å². The molecule has 1 aliphatic heterocycles. The van der Waals surface area contributed by atoms with E-state index in [4.69, 9.17) is 14.2 Å². The van der Waals surface area contributed by atoms with Crippen LogP contribution in [0.4, 0.5) is 0 Å².